The third-order valence-corrected chi connectivity index (χ3v) is 12.2. The van der Waals surface area contributed by atoms with Crippen molar-refractivity contribution in [2.45, 2.75) is 5.41 Å². The molecule has 1 aliphatic carbocycles. The maximum atomic E-state index is 6.55. The minimum atomic E-state index is -0.533. The second-order valence-electron chi connectivity index (χ2n) is 13.6. The molecule has 1 nitrogen and oxygen atoms in total. The van der Waals surface area contributed by atoms with E-state index in [9.17, 15) is 0 Å². The lowest BCUT2D eigenvalue weighted by Crippen LogP contribution is -2.28. The van der Waals surface area contributed by atoms with Gasteiger partial charge in [-0.25, -0.2) is 0 Å². The van der Waals surface area contributed by atoms with Crippen LogP contribution in [0.1, 0.15) is 22.3 Å². The van der Waals surface area contributed by atoms with Crippen molar-refractivity contribution in [1.29, 1.82) is 0 Å². The third kappa shape index (κ3) is 4.03. The van der Waals surface area contributed by atoms with Crippen molar-refractivity contribution in [3.8, 4) is 33.4 Å². The van der Waals surface area contributed by atoms with E-state index in [2.05, 4.69) is 176 Å². The van der Waals surface area contributed by atoms with E-state index in [0.717, 1.165) is 33.1 Å². The average molecular weight is 667 g/mol. The van der Waals surface area contributed by atoms with Gasteiger partial charge in [0.15, 0.2) is 0 Å². The van der Waals surface area contributed by atoms with Crippen LogP contribution in [-0.2, 0) is 5.41 Å². The lowest BCUT2D eigenvalue weighted by atomic mass is 9.67. The van der Waals surface area contributed by atoms with Gasteiger partial charge in [-0.05, 0) is 74.3 Å². The summed E-state index contributed by atoms with van der Waals surface area (Å²) in [5, 5.41) is 4.92. The number of hydrogen-bond acceptors (Lipinski definition) is 2. The summed E-state index contributed by atoms with van der Waals surface area (Å²) in [7, 11) is 0. The fourth-order valence-electron chi connectivity index (χ4n) is 8.81. The van der Waals surface area contributed by atoms with E-state index in [0.29, 0.717) is 0 Å². The lowest BCUT2D eigenvalue weighted by molar-refractivity contribution is 0.670. The molecule has 0 bridgehead atoms. The average Bonchev–Trinajstić information content (AvgIpc) is 3.87. The maximum absolute atomic E-state index is 6.55. The molecular formula is C49H30OS. The normalized spacial score (nSPS) is 13.3. The van der Waals surface area contributed by atoms with Crippen LogP contribution in [0.25, 0.3) is 75.5 Å². The highest BCUT2D eigenvalue weighted by molar-refractivity contribution is 7.26. The van der Waals surface area contributed by atoms with E-state index in [1.807, 2.05) is 17.4 Å². The van der Waals surface area contributed by atoms with Crippen molar-refractivity contribution in [1.82, 2.24) is 0 Å². The molecule has 0 spiro atoms. The quantitative estimate of drug-likeness (QED) is 0.182. The zero-order chi connectivity index (χ0) is 33.5. The Morgan fingerprint density at radius 2 is 0.922 bits per heavy atom. The summed E-state index contributed by atoms with van der Waals surface area (Å²) in [4.78, 5) is 0. The Balaban J connectivity index is 1.18. The number of rotatable bonds is 4. The Kier molecular flexibility index (Phi) is 6.11. The molecule has 0 amide bonds. The van der Waals surface area contributed by atoms with Crippen molar-refractivity contribution >= 4 is 53.4 Å². The molecule has 0 fully saturated rings. The van der Waals surface area contributed by atoms with E-state index >= 15 is 0 Å². The van der Waals surface area contributed by atoms with Crippen molar-refractivity contribution in [3.05, 3.63) is 204 Å². The van der Waals surface area contributed by atoms with Crippen LogP contribution in [0.3, 0.4) is 0 Å². The van der Waals surface area contributed by atoms with Gasteiger partial charge in [-0.2, -0.15) is 0 Å². The zero-order valence-corrected chi connectivity index (χ0v) is 28.5. The molecule has 0 saturated carbocycles. The SMILES string of the molecule is c1cc(-c2cccc3c2oc2ccccc23)cc(C2(c3cccc(-c4cccc5c4sc4ccccc45)c3)c3ccccc3-c3ccccc32)c1. The van der Waals surface area contributed by atoms with Gasteiger partial charge in [0.25, 0.3) is 0 Å². The second-order valence-corrected chi connectivity index (χ2v) is 14.6. The van der Waals surface area contributed by atoms with Gasteiger partial charge in [0, 0.05) is 36.5 Å². The first-order valence-corrected chi connectivity index (χ1v) is 18.3. The monoisotopic (exact) mass is 666 g/mol. The van der Waals surface area contributed by atoms with Gasteiger partial charge < -0.3 is 4.42 Å². The highest BCUT2D eigenvalue weighted by Crippen LogP contribution is 2.57. The van der Waals surface area contributed by atoms with E-state index in [1.54, 1.807) is 0 Å². The van der Waals surface area contributed by atoms with Gasteiger partial charge in [-0.1, -0.05) is 158 Å². The van der Waals surface area contributed by atoms with Gasteiger partial charge in [0.2, 0.25) is 0 Å². The molecule has 1 aliphatic rings. The summed E-state index contributed by atoms with van der Waals surface area (Å²) in [6.45, 7) is 0. The summed E-state index contributed by atoms with van der Waals surface area (Å²) in [6.07, 6.45) is 0. The standard InChI is InChI=1S/C49H30OS/c1-5-25-43-37(17-1)38-18-2-6-26-44(38)49(43,33-15-9-13-31(29-33)35-21-11-23-41-39-19-3-7-27-45(39)50-47(35)41)34-16-10-14-32(30-34)36-22-12-24-42-40-20-4-8-28-46(40)51-48(36)42/h1-30H. The number of thiophene rings is 1. The molecule has 0 radical (unpaired) electrons. The summed E-state index contributed by atoms with van der Waals surface area (Å²) >= 11 is 1.89. The molecule has 8 aromatic carbocycles. The first-order valence-electron chi connectivity index (χ1n) is 17.5. The van der Waals surface area contributed by atoms with Gasteiger partial charge in [-0.3, -0.25) is 0 Å². The largest absolute Gasteiger partial charge is 0.455 e. The predicted molar refractivity (Wildman–Crippen MR) is 215 cm³/mol. The molecule has 238 valence electrons. The van der Waals surface area contributed by atoms with E-state index in [-0.39, 0.29) is 0 Å². The van der Waals surface area contributed by atoms with Crippen molar-refractivity contribution in [2.24, 2.45) is 0 Å². The van der Waals surface area contributed by atoms with Gasteiger partial charge in [0.1, 0.15) is 11.2 Å². The number of fused-ring (bicyclic) bond motifs is 9. The number of para-hydroxylation sites is 2. The van der Waals surface area contributed by atoms with Gasteiger partial charge >= 0.3 is 0 Å². The molecule has 0 saturated heterocycles. The summed E-state index contributed by atoms with van der Waals surface area (Å²) in [5.74, 6) is 0. The fraction of sp³-hybridized carbons (Fsp3) is 0.0204. The molecule has 0 N–H and O–H groups in total. The first-order chi connectivity index (χ1) is 25.3. The number of furan rings is 1. The molecule has 2 aromatic heterocycles. The third-order valence-electron chi connectivity index (χ3n) is 11.0. The zero-order valence-electron chi connectivity index (χ0n) is 27.6. The molecular weight excluding hydrogens is 637 g/mol. The predicted octanol–water partition coefficient (Wildman–Crippen LogP) is 13.7. The Labute approximate surface area is 299 Å². The Hall–Kier alpha value is -6.22. The Morgan fingerprint density at radius 3 is 1.67 bits per heavy atom. The van der Waals surface area contributed by atoms with Crippen LogP contribution in [0.15, 0.2) is 186 Å². The highest BCUT2D eigenvalue weighted by Gasteiger charge is 2.46. The van der Waals surface area contributed by atoms with Crippen LogP contribution >= 0.6 is 11.3 Å². The lowest BCUT2D eigenvalue weighted by Gasteiger charge is -2.34. The minimum absolute atomic E-state index is 0.533. The van der Waals surface area contributed by atoms with Crippen molar-refractivity contribution in [2.75, 3.05) is 0 Å². The fourth-order valence-corrected chi connectivity index (χ4v) is 10.1. The second kappa shape index (κ2) is 10.9. The van der Waals surface area contributed by atoms with E-state index in [1.165, 1.54) is 64.7 Å². The minimum Gasteiger partial charge on any atom is -0.455 e. The van der Waals surface area contributed by atoms with Crippen LogP contribution in [0.5, 0.6) is 0 Å². The smallest absolute Gasteiger partial charge is 0.143 e. The Bertz CT molecular complexity index is 2790. The molecule has 10 aromatic rings. The molecule has 0 aliphatic heterocycles. The number of hydrogen-bond donors (Lipinski definition) is 0. The molecule has 2 heterocycles. The summed E-state index contributed by atoms with van der Waals surface area (Å²) in [5.41, 5.74) is 13.7. The molecule has 11 rings (SSSR count). The number of benzene rings is 8. The molecule has 0 unspecified atom stereocenters. The van der Waals surface area contributed by atoms with Crippen molar-refractivity contribution in [3.63, 3.8) is 0 Å². The van der Waals surface area contributed by atoms with Crippen molar-refractivity contribution < 1.29 is 4.42 Å². The van der Waals surface area contributed by atoms with Crippen LogP contribution in [0.4, 0.5) is 0 Å². The Morgan fingerprint density at radius 1 is 0.392 bits per heavy atom. The van der Waals surface area contributed by atoms with Crippen LogP contribution < -0.4 is 0 Å². The topological polar surface area (TPSA) is 13.1 Å². The summed E-state index contributed by atoms with van der Waals surface area (Å²) < 4.78 is 9.20. The van der Waals surface area contributed by atoms with E-state index < -0.39 is 5.41 Å². The van der Waals surface area contributed by atoms with Crippen LogP contribution in [0, 0.1) is 0 Å². The van der Waals surface area contributed by atoms with E-state index in [4.69, 9.17) is 4.42 Å². The van der Waals surface area contributed by atoms with Gasteiger partial charge in [-0.15, -0.1) is 11.3 Å². The summed E-state index contributed by atoms with van der Waals surface area (Å²) in [6, 6.07) is 66.8. The van der Waals surface area contributed by atoms with Crippen LogP contribution in [-0.4, -0.2) is 0 Å². The highest BCUT2D eigenvalue weighted by atomic mass is 32.1. The van der Waals surface area contributed by atoms with Gasteiger partial charge in [0.05, 0.1) is 5.41 Å². The molecule has 51 heavy (non-hydrogen) atoms. The van der Waals surface area contributed by atoms with Crippen LogP contribution in [0.2, 0.25) is 0 Å². The maximum Gasteiger partial charge on any atom is 0.143 e. The first kappa shape index (κ1) is 28.6. The molecule has 0 atom stereocenters. The molecule has 2 heteroatoms.